The number of aliphatic hydroxyl groups is 2. The molecule has 478 valence electrons. The quantitative estimate of drug-likeness (QED) is 0.0299. The summed E-state index contributed by atoms with van der Waals surface area (Å²) in [6, 6.07) is 0. The summed E-state index contributed by atoms with van der Waals surface area (Å²) in [4.78, 5) is 51.2. The Morgan fingerprint density at radius 1 is 0.368 bits per heavy atom. The topological polar surface area (TPSA) is 175 Å². The molecule has 0 aromatic rings. The van der Waals surface area contributed by atoms with Crippen LogP contribution in [0.5, 0.6) is 0 Å². The van der Waals surface area contributed by atoms with E-state index in [0.717, 1.165) is 96.3 Å². The van der Waals surface area contributed by atoms with Gasteiger partial charge in [-0.15, -0.1) is 0 Å². The third-order valence-electron chi connectivity index (χ3n) is 12.6. The van der Waals surface area contributed by atoms with Crippen LogP contribution in [0.15, 0.2) is 219 Å². The number of carbonyl (C=O) groups is 4. The van der Waals surface area contributed by atoms with Crippen LogP contribution in [-0.2, 0) is 42.9 Å². The van der Waals surface area contributed by atoms with Gasteiger partial charge < -0.3 is 39.0 Å². The zero-order valence-electron chi connectivity index (χ0n) is 52.6. The minimum Gasteiger partial charge on any atom is -0.479 e. The highest BCUT2D eigenvalue weighted by Crippen LogP contribution is 2.26. The number of aliphatic hydroxyl groups excluding tert-OH is 2. The summed E-state index contributed by atoms with van der Waals surface area (Å²) in [5.41, 5.74) is 0. The highest BCUT2D eigenvalue weighted by atomic mass is 16.7. The molecule has 1 aliphatic heterocycles. The van der Waals surface area contributed by atoms with Crippen molar-refractivity contribution in [1.82, 2.24) is 0 Å². The number of carboxylic acid groups (broad SMARTS) is 1. The molecule has 12 heteroatoms. The molecule has 0 saturated carbocycles. The summed E-state index contributed by atoms with van der Waals surface area (Å²) >= 11 is 0. The van der Waals surface area contributed by atoms with Gasteiger partial charge in [-0.1, -0.05) is 240 Å². The van der Waals surface area contributed by atoms with Crippen LogP contribution in [0, 0.1) is 0 Å². The van der Waals surface area contributed by atoms with Crippen LogP contribution in [0.2, 0.25) is 0 Å². The van der Waals surface area contributed by atoms with Crippen LogP contribution in [0.25, 0.3) is 0 Å². The maximum absolute atomic E-state index is 13.2. The van der Waals surface area contributed by atoms with Crippen molar-refractivity contribution < 1.29 is 58.2 Å². The number of ether oxygens (including phenoxy) is 5. The van der Waals surface area contributed by atoms with E-state index >= 15 is 0 Å². The Labute approximate surface area is 523 Å². The smallest absolute Gasteiger partial charge is 0.335 e. The van der Waals surface area contributed by atoms with Gasteiger partial charge in [-0.2, -0.15) is 0 Å². The zero-order chi connectivity index (χ0) is 63.1. The van der Waals surface area contributed by atoms with Gasteiger partial charge in [0.05, 0.1) is 6.61 Å². The minimum atomic E-state index is -1.96. The normalized spacial score (nSPS) is 18.8. The van der Waals surface area contributed by atoms with Gasteiger partial charge in [0.2, 0.25) is 0 Å². The monoisotopic (exact) mass is 1200 g/mol. The van der Waals surface area contributed by atoms with E-state index in [4.69, 9.17) is 23.7 Å². The van der Waals surface area contributed by atoms with Crippen molar-refractivity contribution in [2.75, 3.05) is 13.2 Å². The average molecular weight is 1200 g/mol. The molecule has 0 aromatic carbocycles. The van der Waals surface area contributed by atoms with Gasteiger partial charge in [0.1, 0.15) is 18.8 Å². The van der Waals surface area contributed by atoms with Crippen molar-refractivity contribution >= 4 is 23.9 Å². The lowest BCUT2D eigenvalue weighted by Crippen LogP contribution is -2.61. The first-order valence-electron chi connectivity index (χ1n) is 31.7. The number of allylic oxidation sites excluding steroid dienone is 36. The van der Waals surface area contributed by atoms with Crippen LogP contribution >= 0.6 is 0 Å². The molecule has 1 heterocycles. The third-order valence-corrected chi connectivity index (χ3v) is 12.6. The summed E-state index contributed by atoms with van der Waals surface area (Å²) < 4.78 is 28.2. The number of carbonyl (C=O) groups excluding carboxylic acids is 3. The molecule has 0 radical (unpaired) electrons. The van der Waals surface area contributed by atoms with Crippen LogP contribution in [0.1, 0.15) is 175 Å². The maximum atomic E-state index is 13.2. The second-order valence-electron chi connectivity index (χ2n) is 20.2. The SMILES string of the molecule is CC/C=C\C/C=C\C/C=C\C/C=C\C/C=C\C/C=C\CCC(=O)OCC(COC1OC(C(=O)O)C(O)C(O)C1OC(=O)CC/C=C\C/C=C\C/C=C\C/C=C\C/C=C\C/C=C\CC)OC(=O)CC/C=C\C/C=C\C/C=C\C/C=C\C/C=C\C/C=C\CC. The van der Waals surface area contributed by atoms with Crippen molar-refractivity contribution in [2.24, 2.45) is 0 Å². The molecule has 0 aromatic heterocycles. The lowest BCUT2D eigenvalue weighted by atomic mass is 9.98. The molecule has 0 aliphatic carbocycles. The molecule has 87 heavy (non-hydrogen) atoms. The highest BCUT2D eigenvalue weighted by Gasteiger charge is 2.50. The molecular weight excluding hydrogens is 1090 g/mol. The van der Waals surface area contributed by atoms with Gasteiger partial charge in [0.25, 0.3) is 0 Å². The minimum absolute atomic E-state index is 0.00176. The van der Waals surface area contributed by atoms with Crippen molar-refractivity contribution in [3.8, 4) is 0 Å². The average Bonchev–Trinajstić information content (AvgIpc) is 2.56. The van der Waals surface area contributed by atoms with Crippen molar-refractivity contribution in [2.45, 2.75) is 212 Å². The molecule has 0 bridgehead atoms. The van der Waals surface area contributed by atoms with E-state index < -0.39 is 73.9 Å². The Bertz CT molecular complexity index is 2360. The molecule has 0 spiro atoms. The first kappa shape index (κ1) is 78.1. The van der Waals surface area contributed by atoms with Crippen molar-refractivity contribution in [3.63, 3.8) is 0 Å². The van der Waals surface area contributed by atoms with Gasteiger partial charge >= 0.3 is 23.9 Å². The van der Waals surface area contributed by atoms with Crippen LogP contribution in [0.3, 0.4) is 0 Å². The Morgan fingerprint density at radius 3 is 0.943 bits per heavy atom. The van der Waals surface area contributed by atoms with Gasteiger partial charge in [0, 0.05) is 19.3 Å². The van der Waals surface area contributed by atoms with E-state index in [1.54, 1.807) is 0 Å². The van der Waals surface area contributed by atoms with E-state index in [0.29, 0.717) is 38.5 Å². The molecule has 1 fully saturated rings. The fourth-order valence-corrected chi connectivity index (χ4v) is 7.85. The molecule has 12 nitrogen and oxygen atoms in total. The van der Waals surface area contributed by atoms with Crippen LogP contribution < -0.4 is 0 Å². The van der Waals surface area contributed by atoms with Crippen molar-refractivity contribution in [1.29, 1.82) is 0 Å². The van der Waals surface area contributed by atoms with Crippen LogP contribution in [0.4, 0.5) is 0 Å². The fourth-order valence-electron chi connectivity index (χ4n) is 7.85. The molecule has 3 N–H and O–H groups in total. The predicted molar refractivity (Wildman–Crippen MR) is 357 cm³/mol. The van der Waals surface area contributed by atoms with E-state index in [-0.39, 0.29) is 19.3 Å². The number of rotatable bonds is 50. The summed E-state index contributed by atoms with van der Waals surface area (Å²) in [7, 11) is 0. The summed E-state index contributed by atoms with van der Waals surface area (Å²) in [5.74, 6) is -3.51. The Kier molecular flexibility index (Phi) is 53.3. The van der Waals surface area contributed by atoms with Gasteiger partial charge in [-0.3, -0.25) is 14.4 Å². The van der Waals surface area contributed by atoms with E-state index in [1.807, 2.05) is 48.6 Å². The lowest BCUT2D eigenvalue weighted by molar-refractivity contribution is -0.301. The molecule has 1 saturated heterocycles. The first-order valence-corrected chi connectivity index (χ1v) is 31.7. The second kappa shape index (κ2) is 59.4. The van der Waals surface area contributed by atoms with Gasteiger partial charge in [-0.05, 0) is 135 Å². The third kappa shape index (κ3) is 48.8. The van der Waals surface area contributed by atoms with Gasteiger partial charge in [0.15, 0.2) is 24.6 Å². The van der Waals surface area contributed by atoms with E-state index in [1.165, 1.54) is 0 Å². The summed E-state index contributed by atoms with van der Waals surface area (Å²) in [6.45, 7) is 5.47. The van der Waals surface area contributed by atoms with Gasteiger partial charge in [-0.25, -0.2) is 4.79 Å². The largest absolute Gasteiger partial charge is 0.479 e. The number of hydrogen-bond donors (Lipinski definition) is 3. The number of carboxylic acids is 1. The Morgan fingerprint density at radius 2 is 0.644 bits per heavy atom. The number of hydrogen-bond acceptors (Lipinski definition) is 11. The summed E-state index contributed by atoms with van der Waals surface area (Å²) in [5, 5.41) is 31.6. The molecule has 1 aliphatic rings. The first-order chi connectivity index (χ1) is 42.6. The fraction of sp³-hybridized carbons (Fsp3) is 0.467. The zero-order valence-corrected chi connectivity index (χ0v) is 52.6. The Balaban J connectivity index is 2.84. The number of aliphatic carboxylic acids is 1. The molecule has 0 amide bonds. The Hall–Kier alpha value is -6.96. The standard InChI is InChI=1S/C75H106O12/c1-4-7-10-13-16-19-22-25-28-31-34-37-40-43-46-49-52-55-58-61-67(76)83-64-66(85-68(77)62-59-56-53-50-47-44-41-38-35-32-29-26-23-20-17-14-11-8-5-2)65-84-75-73(71(80)70(79)72(87-75)74(81)82)86-69(78)63-60-57-54-51-48-45-42-39-36-33-30-27-24-21-18-15-12-9-6-3/h7-12,16-21,25-30,34-39,43-48,52-57,66,70-73,75,79-80H,4-6,13-15,22-24,31-33,40-42,49-51,58-65H2,1-3H3,(H,81,82)/b10-7-,11-8-,12-9-,19-16-,20-17-,21-18-,28-25-,29-26-,30-27-,37-34-,38-35-,39-36-,46-43-,47-44-,48-45-,55-52-,56-53-,57-54-. The predicted octanol–water partition coefficient (Wildman–Crippen LogP) is 17.3. The van der Waals surface area contributed by atoms with E-state index in [2.05, 4.69) is 191 Å². The summed E-state index contributed by atoms with van der Waals surface area (Å²) in [6.07, 6.45) is 82.2. The number of esters is 3. The lowest BCUT2D eigenvalue weighted by Gasteiger charge is -2.40. The van der Waals surface area contributed by atoms with Crippen LogP contribution in [-0.4, -0.2) is 89.2 Å². The maximum Gasteiger partial charge on any atom is 0.335 e. The highest BCUT2D eigenvalue weighted by molar-refractivity contribution is 5.74. The second-order valence-corrected chi connectivity index (χ2v) is 20.2. The van der Waals surface area contributed by atoms with E-state index in [9.17, 15) is 34.5 Å². The molecule has 6 atom stereocenters. The van der Waals surface area contributed by atoms with Crippen molar-refractivity contribution in [3.05, 3.63) is 219 Å². The molecular formula is C75H106O12. The molecule has 1 rings (SSSR count). The molecule has 6 unspecified atom stereocenters.